The number of hydrogen-bond acceptors (Lipinski definition) is 3. The lowest BCUT2D eigenvalue weighted by Gasteiger charge is -2.45. The van der Waals surface area contributed by atoms with E-state index in [2.05, 4.69) is 33.9 Å². The van der Waals surface area contributed by atoms with Crippen molar-refractivity contribution in [3.63, 3.8) is 0 Å². The predicted molar refractivity (Wildman–Crippen MR) is 180 cm³/mol. The van der Waals surface area contributed by atoms with E-state index in [0.29, 0.717) is 35.1 Å². The molecule has 1 aliphatic heterocycles. The third-order valence-corrected chi connectivity index (χ3v) is 15.3. The number of carbonyl (C=O) groups excluding carboxylic acids is 1. The molecule has 0 unspecified atom stereocenters. The fourth-order valence-electron chi connectivity index (χ4n) is 5.64. The van der Waals surface area contributed by atoms with E-state index in [1.807, 2.05) is 49.7 Å². The van der Waals surface area contributed by atoms with E-state index in [1.165, 1.54) is 6.92 Å². The van der Waals surface area contributed by atoms with Gasteiger partial charge in [0.15, 0.2) is 16.6 Å². The van der Waals surface area contributed by atoms with Crippen LogP contribution in [0.4, 0.5) is 8.78 Å². The van der Waals surface area contributed by atoms with Crippen LogP contribution in [0.25, 0.3) is 0 Å². The maximum atomic E-state index is 14.3. The molecule has 0 saturated carbocycles. The first-order chi connectivity index (χ1) is 19.7. The highest BCUT2D eigenvalue weighted by molar-refractivity contribution is 6.74. The average molecular weight is 673 g/mol. The predicted octanol–water partition coefficient (Wildman–Crippen LogP) is 9.88. The molecular weight excluding hydrogens is 623 g/mol. The van der Waals surface area contributed by atoms with Crippen molar-refractivity contribution in [3.8, 4) is 0 Å². The molecule has 0 aromatic heterocycles. The summed E-state index contributed by atoms with van der Waals surface area (Å²) in [7, 11) is -4.33. The lowest BCUT2D eigenvalue weighted by Crippen LogP contribution is -2.52. The maximum Gasteiger partial charge on any atom is 0.265 e. The van der Waals surface area contributed by atoms with Gasteiger partial charge in [-0.25, -0.2) is 8.78 Å². The van der Waals surface area contributed by atoms with Crippen LogP contribution in [-0.4, -0.2) is 52.1 Å². The molecule has 3 rings (SSSR count). The summed E-state index contributed by atoms with van der Waals surface area (Å²) in [6.07, 6.45) is -1.27. The smallest absolute Gasteiger partial charge is 0.265 e. The minimum atomic E-state index is -2.59. The summed E-state index contributed by atoms with van der Waals surface area (Å²) in [5.41, 5.74) is 2.26. The topological polar surface area (TPSA) is 38.8 Å². The first-order valence-corrected chi connectivity index (χ1v) is 22.2. The molecule has 0 radical (unpaired) electrons. The van der Waals surface area contributed by atoms with Crippen LogP contribution in [0, 0.1) is 0 Å². The second kappa shape index (κ2) is 13.6. The van der Waals surface area contributed by atoms with Gasteiger partial charge in [-0.1, -0.05) is 68.2 Å². The van der Waals surface area contributed by atoms with Gasteiger partial charge in [-0.15, -0.1) is 0 Å². The molecule has 43 heavy (non-hydrogen) atoms. The molecule has 1 heterocycles. The fourth-order valence-corrected chi connectivity index (χ4v) is 8.80. The zero-order valence-corrected chi connectivity index (χ0v) is 30.9. The molecule has 2 aromatic carbocycles. The van der Waals surface area contributed by atoms with Crippen molar-refractivity contribution in [1.82, 2.24) is 4.90 Å². The Morgan fingerprint density at radius 1 is 1.02 bits per heavy atom. The Bertz CT molecular complexity index is 1280. The summed E-state index contributed by atoms with van der Waals surface area (Å²) in [5, 5.41) is 0.932. The van der Waals surface area contributed by atoms with Gasteiger partial charge in [0, 0.05) is 10.0 Å². The highest BCUT2D eigenvalue weighted by Gasteiger charge is 2.43. The van der Waals surface area contributed by atoms with Crippen LogP contribution in [0.1, 0.15) is 69.3 Å². The van der Waals surface area contributed by atoms with E-state index in [4.69, 9.17) is 32.1 Å². The van der Waals surface area contributed by atoms with E-state index in [1.54, 1.807) is 18.2 Å². The SMILES string of the molecule is C[C@H]1c2cccc(CC[C@](C)(O[Si](C)(C)C)C(F)F)c2C[C@H](CO[Si](C)(C)C(C)(C)C)N1C(=O)Cc1c(Cl)cccc1Cl. The van der Waals surface area contributed by atoms with Gasteiger partial charge >= 0.3 is 0 Å². The molecule has 10 heteroatoms. The van der Waals surface area contributed by atoms with E-state index < -0.39 is 28.7 Å². The number of alkyl halides is 2. The quantitative estimate of drug-likeness (QED) is 0.223. The summed E-state index contributed by atoms with van der Waals surface area (Å²) in [4.78, 5) is 16.0. The standard InChI is InChI=1S/C33H49Cl2F2NO3Si2/c1-22-25-14-11-13-23(17-18-33(5,31(36)37)41-42(6,7)8)26(25)19-24(21-40-43(9,10)32(2,3)4)38(22)30(39)20-27-28(34)15-12-16-29(27)35/h11-16,22,24,31H,17-21H2,1-10H3/t22-,24+,33-/m0/s1. The fraction of sp³-hybridized carbons (Fsp3) is 0.606. The summed E-state index contributed by atoms with van der Waals surface area (Å²) >= 11 is 12.9. The minimum absolute atomic E-state index is 0.00632. The number of aryl methyl sites for hydroxylation is 1. The van der Waals surface area contributed by atoms with Gasteiger partial charge < -0.3 is 13.8 Å². The van der Waals surface area contributed by atoms with Crippen molar-refractivity contribution in [2.75, 3.05) is 6.61 Å². The maximum absolute atomic E-state index is 14.3. The zero-order chi connectivity index (χ0) is 32.5. The van der Waals surface area contributed by atoms with Crippen LogP contribution in [0.15, 0.2) is 36.4 Å². The van der Waals surface area contributed by atoms with Gasteiger partial charge in [0.25, 0.3) is 6.43 Å². The summed E-state index contributed by atoms with van der Waals surface area (Å²) in [5.74, 6) is -0.0730. The van der Waals surface area contributed by atoms with Crippen LogP contribution in [-0.2, 0) is 32.9 Å². The number of rotatable bonds is 11. The molecule has 0 aliphatic carbocycles. The van der Waals surface area contributed by atoms with Crippen molar-refractivity contribution in [3.05, 3.63) is 68.7 Å². The van der Waals surface area contributed by atoms with Crippen LogP contribution < -0.4 is 0 Å². The zero-order valence-electron chi connectivity index (χ0n) is 27.4. The second-order valence-electron chi connectivity index (χ2n) is 14.6. The molecule has 240 valence electrons. The number of hydrogen-bond donors (Lipinski definition) is 0. The van der Waals surface area contributed by atoms with Gasteiger partial charge in [-0.05, 0) is 105 Å². The van der Waals surface area contributed by atoms with Crippen LogP contribution in [0.5, 0.6) is 0 Å². The van der Waals surface area contributed by atoms with Crippen molar-refractivity contribution >= 4 is 45.7 Å². The van der Waals surface area contributed by atoms with Gasteiger partial charge in [-0.3, -0.25) is 4.79 Å². The summed E-state index contributed by atoms with van der Waals surface area (Å²) < 4.78 is 41.3. The van der Waals surface area contributed by atoms with E-state index in [0.717, 1.165) is 16.7 Å². The minimum Gasteiger partial charge on any atom is -0.415 e. The molecule has 0 saturated heterocycles. The van der Waals surface area contributed by atoms with Crippen molar-refractivity contribution in [2.24, 2.45) is 0 Å². The Hall–Kier alpha value is -1.30. The molecule has 0 fully saturated rings. The molecule has 0 N–H and O–H groups in total. The van der Waals surface area contributed by atoms with Crippen LogP contribution >= 0.6 is 23.2 Å². The third-order valence-electron chi connectivity index (χ3n) is 9.02. The highest BCUT2D eigenvalue weighted by Crippen LogP contribution is 2.40. The number of halogens is 4. The highest BCUT2D eigenvalue weighted by atomic mass is 35.5. The Morgan fingerprint density at radius 2 is 1.60 bits per heavy atom. The molecule has 1 aliphatic rings. The number of carbonyl (C=O) groups is 1. The average Bonchev–Trinajstić information content (AvgIpc) is 2.86. The first-order valence-electron chi connectivity index (χ1n) is 15.1. The number of benzene rings is 2. The monoisotopic (exact) mass is 671 g/mol. The Balaban J connectivity index is 1.99. The molecular formula is C33H49Cl2F2NO3Si2. The van der Waals surface area contributed by atoms with Gasteiger partial charge in [0.2, 0.25) is 5.91 Å². The first kappa shape index (κ1) is 36.2. The Morgan fingerprint density at radius 3 is 2.14 bits per heavy atom. The summed E-state index contributed by atoms with van der Waals surface area (Å²) in [6, 6.07) is 10.8. The Kier molecular flexibility index (Phi) is 11.4. The lowest BCUT2D eigenvalue weighted by atomic mass is 9.83. The van der Waals surface area contributed by atoms with Crippen molar-refractivity contribution < 1.29 is 22.4 Å². The van der Waals surface area contributed by atoms with Gasteiger partial charge in [0.1, 0.15) is 5.60 Å². The molecule has 0 spiro atoms. The molecule has 4 nitrogen and oxygen atoms in total. The Labute approximate surface area is 269 Å². The number of nitrogens with zero attached hydrogens (tertiary/aromatic N) is 1. The third kappa shape index (κ3) is 8.70. The van der Waals surface area contributed by atoms with E-state index in [-0.39, 0.29) is 35.9 Å². The second-order valence-corrected chi connectivity index (χ2v) is 24.6. The largest absolute Gasteiger partial charge is 0.415 e. The van der Waals surface area contributed by atoms with Gasteiger partial charge in [-0.2, -0.15) is 0 Å². The molecule has 1 amide bonds. The number of amides is 1. The molecule has 0 bridgehead atoms. The normalized spacial score (nSPS) is 19.4. The van der Waals surface area contributed by atoms with Crippen LogP contribution in [0.2, 0.25) is 47.8 Å². The van der Waals surface area contributed by atoms with Crippen molar-refractivity contribution in [1.29, 1.82) is 0 Å². The van der Waals surface area contributed by atoms with Gasteiger partial charge in [0.05, 0.1) is 25.1 Å². The molecule has 3 atom stereocenters. The molecule has 2 aromatic rings. The summed E-state index contributed by atoms with van der Waals surface area (Å²) in [6.45, 7) is 20.8. The van der Waals surface area contributed by atoms with Crippen molar-refractivity contribution in [2.45, 2.75) is 122 Å². The van der Waals surface area contributed by atoms with Crippen LogP contribution in [0.3, 0.4) is 0 Å². The number of fused-ring (bicyclic) bond motifs is 1. The van der Waals surface area contributed by atoms with E-state index >= 15 is 0 Å². The van der Waals surface area contributed by atoms with E-state index in [9.17, 15) is 13.6 Å². The lowest BCUT2D eigenvalue weighted by molar-refractivity contribution is -0.137.